The number of amides is 1. The Morgan fingerprint density at radius 1 is 1.54 bits per heavy atom. The highest BCUT2D eigenvalue weighted by Crippen LogP contribution is 2.29. The molecule has 0 fully saturated rings. The molecule has 0 radical (unpaired) electrons. The van der Waals surface area contributed by atoms with Crippen molar-refractivity contribution in [3.8, 4) is 0 Å². The molecule has 3 nitrogen and oxygen atoms in total. The fourth-order valence-electron chi connectivity index (χ4n) is 1.08. The van der Waals surface area contributed by atoms with Crippen molar-refractivity contribution in [2.45, 2.75) is 11.4 Å². The Balaban J connectivity index is 2.40. The van der Waals surface area contributed by atoms with Gasteiger partial charge in [-0.2, -0.15) is 0 Å². The minimum atomic E-state index is 0.0374. The molecule has 2 rings (SSSR count). The zero-order valence-electron chi connectivity index (χ0n) is 6.71. The quantitative estimate of drug-likeness (QED) is 0.673. The van der Waals surface area contributed by atoms with Crippen molar-refractivity contribution in [3.63, 3.8) is 0 Å². The van der Waals surface area contributed by atoms with Gasteiger partial charge in [-0.05, 0) is 12.1 Å². The molecule has 0 aliphatic carbocycles. The Labute approximate surface area is 84.9 Å². The van der Waals surface area contributed by atoms with E-state index in [1.165, 1.54) is 0 Å². The third-order valence-electron chi connectivity index (χ3n) is 1.67. The molecule has 0 saturated carbocycles. The maximum atomic E-state index is 11.1. The summed E-state index contributed by atoms with van der Waals surface area (Å²) in [6.45, 7) is 0. The number of aromatic nitrogens is 1. The third kappa shape index (κ3) is 1.95. The molecule has 1 aromatic heterocycles. The molecule has 0 spiro atoms. The number of hydrogen-bond donors (Lipinski definition) is 1. The van der Waals surface area contributed by atoms with Crippen LogP contribution in [0.25, 0.3) is 0 Å². The van der Waals surface area contributed by atoms with Gasteiger partial charge >= 0.3 is 0 Å². The monoisotopic (exact) mass is 214 g/mol. The Kier molecular flexibility index (Phi) is 2.42. The van der Waals surface area contributed by atoms with E-state index >= 15 is 0 Å². The van der Waals surface area contributed by atoms with Gasteiger partial charge in [0.15, 0.2) is 0 Å². The lowest BCUT2D eigenvalue weighted by molar-refractivity contribution is -0.115. The van der Waals surface area contributed by atoms with Crippen LogP contribution in [0.1, 0.15) is 6.42 Å². The number of rotatable bonds is 0. The van der Waals surface area contributed by atoms with Crippen LogP contribution in [-0.4, -0.2) is 16.6 Å². The standard InChI is InChI=1S/C8H7ClN2OS/c9-6-2-1-5-8(11-6)13-4-3-7(12)10-5/h1-2H,3-4H2,(H,10,12). The van der Waals surface area contributed by atoms with Crippen LogP contribution in [0, 0.1) is 0 Å². The van der Waals surface area contributed by atoms with Crippen molar-refractivity contribution < 1.29 is 4.79 Å². The van der Waals surface area contributed by atoms with Gasteiger partial charge in [-0.1, -0.05) is 11.6 Å². The predicted octanol–water partition coefficient (Wildman–Crippen LogP) is 2.17. The van der Waals surface area contributed by atoms with Gasteiger partial charge in [0.1, 0.15) is 10.2 Å². The SMILES string of the molecule is O=C1CCSc2nc(Cl)ccc2N1. The van der Waals surface area contributed by atoms with E-state index in [2.05, 4.69) is 10.3 Å². The van der Waals surface area contributed by atoms with Crippen LogP contribution >= 0.6 is 23.4 Å². The number of nitrogens with zero attached hydrogens (tertiary/aromatic N) is 1. The Bertz CT molecular complexity index is 356. The first kappa shape index (κ1) is 8.84. The van der Waals surface area contributed by atoms with Gasteiger partial charge in [-0.15, -0.1) is 11.8 Å². The average molecular weight is 215 g/mol. The van der Waals surface area contributed by atoms with Crippen molar-refractivity contribution in [2.75, 3.05) is 11.1 Å². The van der Waals surface area contributed by atoms with Gasteiger partial charge < -0.3 is 5.32 Å². The molecule has 0 unspecified atom stereocenters. The highest BCUT2D eigenvalue weighted by Gasteiger charge is 2.14. The summed E-state index contributed by atoms with van der Waals surface area (Å²) < 4.78 is 0. The second-order valence-corrected chi connectivity index (χ2v) is 4.10. The molecule has 1 aromatic rings. The summed E-state index contributed by atoms with van der Waals surface area (Å²) in [5, 5.41) is 4.03. The van der Waals surface area contributed by atoms with Crippen LogP contribution in [0.3, 0.4) is 0 Å². The fourth-order valence-corrected chi connectivity index (χ4v) is 2.19. The summed E-state index contributed by atoms with van der Waals surface area (Å²) in [4.78, 5) is 15.3. The zero-order chi connectivity index (χ0) is 9.26. The summed E-state index contributed by atoms with van der Waals surface area (Å²) >= 11 is 7.28. The maximum Gasteiger partial charge on any atom is 0.225 e. The van der Waals surface area contributed by atoms with E-state index in [9.17, 15) is 4.79 Å². The summed E-state index contributed by atoms with van der Waals surface area (Å²) in [6, 6.07) is 3.45. The zero-order valence-corrected chi connectivity index (χ0v) is 8.28. The van der Waals surface area contributed by atoms with Crippen LogP contribution in [-0.2, 0) is 4.79 Å². The van der Waals surface area contributed by atoms with E-state index < -0.39 is 0 Å². The molecule has 1 N–H and O–H groups in total. The summed E-state index contributed by atoms with van der Waals surface area (Å²) in [6.07, 6.45) is 0.526. The largest absolute Gasteiger partial charge is 0.324 e. The van der Waals surface area contributed by atoms with E-state index in [-0.39, 0.29) is 5.91 Å². The first-order valence-corrected chi connectivity index (χ1v) is 5.21. The second kappa shape index (κ2) is 3.55. The van der Waals surface area contributed by atoms with Gasteiger partial charge in [0.25, 0.3) is 0 Å². The molecular weight excluding hydrogens is 208 g/mol. The van der Waals surface area contributed by atoms with E-state index in [0.29, 0.717) is 11.6 Å². The smallest absolute Gasteiger partial charge is 0.225 e. The lowest BCUT2D eigenvalue weighted by Crippen LogP contribution is -2.10. The van der Waals surface area contributed by atoms with Crippen molar-refractivity contribution in [2.24, 2.45) is 0 Å². The normalized spacial score (nSPS) is 15.9. The second-order valence-electron chi connectivity index (χ2n) is 2.63. The Morgan fingerprint density at radius 3 is 3.23 bits per heavy atom. The molecule has 1 aliphatic heterocycles. The van der Waals surface area contributed by atoms with Gasteiger partial charge in [0.2, 0.25) is 5.91 Å². The van der Waals surface area contributed by atoms with Crippen LogP contribution in [0.5, 0.6) is 0 Å². The number of halogens is 1. The van der Waals surface area contributed by atoms with Crippen molar-refractivity contribution in [1.82, 2.24) is 4.98 Å². The molecule has 5 heteroatoms. The number of pyridine rings is 1. The molecule has 2 heterocycles. The fraction of sp³-hybridized carbons (Fsp3) is 0.250. The van der Waals surface area contributed by atoms with E-state index in [4.69, 9.17) is 11.6 Å². The molecule has 0 saturated heterocycles. The lowest BCUT2D eigenvalue weighted by atomic mass is 10.4. The molecule has 0 aromatic carbocycles. The van der Waals surface area contributed by atoms with Crippen LogP contribution < -0.4 is 5.32 Å². The van der Waals surface area contributed by atoms with Crippen molar-refractivity contribution in [1.29, 1.82) is 0 Å². The molecule has 13 heavy (non-hydrogen) atoms. The third-order valence-corrected chi connectivity index (χ3v) is 2.87. The van der Waals surface area contributed by atoms with Crippen molar-refractivity contribution in [3.05, 3.63) is 17.3 Å². The first-order valence-electron chi connectivity index (χ1n) is 3.85. The molecule has 68 valence electrons. The topological polar surface area (TPSA) is 42.0 Å². The number of anilines is 1. The number of hydrogen-bond acceptors (Lipinski definition) is 3. The summed E-state index contributed by atoms with van der Waals surface area (Å²) in [5.74, 6) is 0.794. The molecule has 0 atom stereocenters. The Hall–Kier alpha value is -0.740. The van der Waals surface area contributed by atoms with Gasteiger partial charge in [0, 0.05) is 12.2 Å². The molecular formula is C8H7ClN2OS. The number of fused-ring (bicyclic) bond motifs is 1. The Morgan fingerprint density at radius 2 is 2.38 bits per heavy atom. The number of carbonyl (C=O) groups is 1. The number of thioether (sulfide) groups is 1. The molecule has 0 bridgehead atoms. The van der Waals surface area contributed by atoms with Crippen molar-refractivity contribution >= 4 is 35.0 Å². The average Bonchev–Trinajstić information content (AvgIpc) is 2.25. The first-order chi connectivity index (χ1) is 6.25. The van der Waals surface area contributed by atoms with E-state index in [1.54, 1.807) is 23.9 Å². The van der Waals surface area contributed by atoms with Gasteiger partial charge in [-0.3, -0.25) is 4.79 Å². The van der Waals surface area contributed by atoms with E-state index in [0.717, 1.165) is 16.5 Å². The van der Waals surface area contributed by atoms with Crippen LogP contribution in [0.4, 0.5) is 5.69 Å². The highest BCUT2D eigenvalue weighted by atomic mass is 35.5. The maximum absolute atomic E-state index is 11.1. The molecule has 1 aliphatic rings. The highest BCUT2D eigenvalue weighted by molar-refractivity contribution is 7.99. The minimum Gasteiger partial charge on any atom is -0.324 e. The molecule has 1 amide bonds. The summed E-state index contributed by atoms with van der Waals surface area (Å²) in [5.41, 5.74) is 0.761. The van der Waals surface area contributed by atoms with Crippen LogP contribution in [0.15, 0.2) is 17.2 Å². The minimum absolute atomic E-state index is 0.0374. The number of nitrogens with one attached hydrogen (secondary N) is 1. The number of carbonyl (C=O) groups excluding carboxylic acids is 1. The summed E-state index contributed by atoms with van der Waals surface area (Å²) in [7, 11) is 0. The van der Waals surface area contributed by atoms with E-state index in [1.807, 2.05) is 0 Å². The lowest BCUT2D eigenvalue weighted by Gasteiger charge is -2.03. The van der Waals surface area contributed by atoms with Crippen LogP contribution in [0.2, 0.25) is 5.15 Å². The van der Waals surface area contributed by atoms with Gasteiger partial charge in [-0.25, -0.2) is 4.98 Å². The predicted molar refractivity (Wildman–Crippen MR) is 53.2 cm³/mol. The van der Waals surface area contributed by atoms with Gasteiger partial charge in [0.05, 0.1) is 5.69 Å².